The van der Waals surface area contributed by atoms with Gasteiger partial charge in [-0.2, -0.15) is 12.1 Å². The van der Waals surface area contributed by atoms with Crippen LogP contribution in [0.2, 0.25) is 0 Å². The van der Waals surface area contributed by atoms with Crippen molar-refractivity contribution in [2.45, 2.75) is 26.2 Å². The van der Waals surface area contributed by atoms with E-state index in [2.05, 4.69) is 169 Å². The average Bonchev–Trinajstić information content (AvgIpc) is 3.84. The van der Waals surface area contributed by atoms with Gasteiger partial charge in [0, 0.05) is 81.5 Å². The van der Waals surface area contributed by atoms with Crippen molar-refractivity contribution in [1.29, 1.82) is 0 Å². The molecular weight excluding hydrogens is 852 g/mol. The molecule has 0 amide bonds. The van der Waals surface area contributed by atoms with Crippen LogP contribution in [0.15, 0.2) is 140 Å². The van der Waals surface area contributed by atoms with E-state index in [1.54, 1.807) is 0 Å². The molecule has 3 aromatic heterocycles. The third-order valence-electron chi connectivity index (χ3n) is 9.89. The van der Waals surface area contributed by atoms with E-state index >= 15 is 0 Å². The molecular formula is C46H33N4OPtS-3. The Morgan fingerprint density at radius 1 is 0.679 bits per heavy atom. The second kappa shape index (κ2) is 12.9. The largest absolute Gasteiger partial charge is 0.509 e. The molecule has 9 aromatic rings. The second-order valence-electron chi connectivity index (χ2n) is 14.2. The molecule has 6 aromatic carbocycles. The second-order valence-corrected chi connectivity index (χ2v) is 15.3. The van der Waals surface area contributed by atoms with Crippen LogP contribution in [0.4, 0.5) is 22.7 Å². The summed E-state index contributed by atoms with van der Waals surface area (Å²) in [5.41, 5.74) is 7.45. The number of benzene rings is 6. The SMILES string of the molecule is CC(C)(C)c1ccnc(-n2c3[c-]c(Oc4[c-]c(N5[CH-]N(c6ccccc6)c6ccc7sc8ccccc8c7c65)ccc4)ccc3c3ccccc32)c1.[Pt]. The van der Waals surface area contributed by atoms with Crippen LogP contribution in [-0.2, 0) is 26.5 Å². The van der Waals surface area contributed by atoms with E-state index in [4.69, 9.17) is 9.72 Å². The van der Waals surface area contributed by atoms with Crippen molar-refractivity contribution >= 4 is 76.1 Å². The van der Waals surface area contributed by atoms with E-state index in [0.29, 0.717) is 11.5 Å². The third kappa shape index (κ3) is 5.60. The number of thiophene rings is 1. The fourth-order valence-electron chi connectivity index (χ4n) is 7.37. The van der Waals surface area contributed by atoms with Gasteiger partial charge in [0.25, 0.3) is 0 Å². The first kappa shape index (κ1) is 33.4. The predicted octanol–water partition coefficient (Wildman–Crippen LogP) is 12.6. The number of hydrogen-bond acceptors (Lipinski definition) is 5. The number of fused-ring (bicyclic) bond motifs is 8. The van der Waals surface area contributed by atoms with Crippen molar-refractivity contribution in [3.05, 3.63) is 164 Å². The van der Waals surface area contributed by atoms with Gasteiger partial charge in [0.1, 0.15) is 5.82 Å². The van der Waals surface area contributed by atoms with E-state index in [-0.39, 0.29) is 26.5 Å². The van der Waals surface area contributed by atoms with Crippen LogP contribution in [0.1, 0.15) is 26.3 Å². The summed E-state index contributed by atoms with van der Waals surface area (Å²) in [6, 6.07) is 53.8. The van der Waals surface area contributed by atoms with Gasteiger partial charge in [0.15, 0.2) is 0 Å². The summed E-state index contributed by atoms with van der Waals surface area (Å²) < 4.78 is 11.3. The Morgan fingerprint density at radius 3 is 2.30 bits per heavy atom. The van der Waals surface area contributed by atoms with Gasteiger partial charge in [-0.1, -0.05) is 80.9 Å². The van der Waals surface area contributed by atoms with E-state index in [9.17, 15) is 0 Å². The third-order valence-corrected chi connectivity index (χ3v) is 11.0. The van der Waals surface area contributed by atoms with E-state index < -0.39 is 0 Å². The summed E-state index contributed by atoms with van der Waals surface area (Å²) in [6.07, 6.45) is 1.90. The molecule has 0 N–H and O–H groups in total. The van der Waals surface area contributed by atoms with Crippen LogP contribution in [0.3, 0.4) is 0 Å². The smallest absolute Gasteiger partial charge is 0.135 e. The van der Waals surface area contributed by atoms with Gasteiger partial charge in [-0.3, -0.25) is 0 Å². The van der Waals surface area contributed by atoms with Crippen molar-refractivity contribution in [3.8, 4) is 17.3 Å². The summed E-state index contributed by atoms with van der Waals surface area (Å²) in [5, 5.41) is 4.74. The van der Waals surface area contributed by atoms with Crippen LogP contribution >= 0.6 is 11.3 Å². The van der Waals surface area contributed by atoms with Gasteiger partial charge in [-0.15, -0.1) is 59.4 Å². The molecule has 0 bridgehead atoms. The minimum atomic E-state index is -0.0109. The first-order valence-corrected chi connectivity index (χ1v) is 18.3. The Hall–Kier alpha value is -5.42. The molecule has 0 radical (unpaired) electrons. The predicted molar refractivity (Wildman–Crippen MR) is 216 cm³/mol. The molecule has 262 valence electrons. The average molecular weight is 885 g/mol. The molecule has 7 heteroatoms. The number of para-hydroxylation sites is 2. The van der Waals surface area contributed by atoms with Crippen LogP contribution < -0.4 is 14.5 Å². The number of hydrogen-bond donors (Lipinski definition) is 0. The van der Waals surface area contributed by atoms with Crippen molar-refractivity contribution in [2.75, 3.05) is 9.80 Å². The zero-order valence-corrected chi connectivity index (χ0v) is 32.4. The summed E-state index contributed by atoms with van der Waals surface area (Å²) in [4.78, 5) is 9.33. The maximum atomic E-state index is 6.60. The molecule has 0 saturated carbocycles. The minimum Gasteiger partial charge on any atom is -0.509 e. The standard InChI is InChI=1S/C46H33N4OS.Pt/c1-46(2,3)30-24-25-47-43(26-30)50-38-18-9-7-16-35(38)36-21-20-34(28-40(36)50)51-33-15-11-14-32(27-33)49-29-48(31-12-5-4-6-13-31)39-22-23-42-44(45(39)49)37-17-8-10-19-41(37)52-42;/h4-26,29H,1-3H3;/q-3;. The Balaban J connectivity index is 0.00000372. The van der Waals surface area contributed by atoms with Crippen molar-refractivity contribution in [3.63, 3.8) is 0 Å². The van der Waals surface area contributed by atoms with Gasteiger partial charge in [0.05, 0.1) is 0 Å². The quantitative estimate of drug-likeness (QED) is 0.161. The number of ether oxygens (including phenoxy) is 1. The first-order chi connectivity index (χ1) is 25.4. The zero-order valence-electron chi connectivity index (χ0n) is 29.3. The topological polar surface area (TPSA) is 33.5 Å². The van der Waals surface area contributed by atoms with E-state index in [1.165, 1.54) is 25.7 Å². The molecule has 10 rings (SSSR count). The molecule has 0 unspecified atom stereocenters. The van der Waals surface area contributed by atoms with Crippen LogP contribution in [0.5, 0.6) is 11.5 Å². The number of rotatable bonds is 5. The molecule has 0 saturated heterocycles. The normalized spacial score (nSPS) is 12.9. The molecule has 0 aliphatic carbocycles. The van der Waals surface area contributed by atoms with Gasteiger partial charge < -0.3 is 19.1 Å². The fraction of sp³-hybridized carbons (Fsp3) is 0.0870. The molecule has 0 spiro atoms. The van der Waals surface area contributed by atoms with Crippen molar-refractivity contribution < 1.29 is 25.8 Å². The van der Waals surface area contributed by atoms with Gasteiger partial charge in [0.2, 0.25) is 0 Å². The monoisotopic (exact) mass is 884 g/mol. The maximum absolute atomic E-state index is 6.60. The summed E-state index contributed by atoms with van der Waals surface area (Å²) >= 11 is 1.83. The molecule has 1 aliphatic rings. The molecule has 53 heavy (non-hydrogen) atoms. The summed E-state index contributed by atoms with van der Waals surface area (Å²) in [5.74, 6) is 2.08. The van der Waals surface area contributed by atoms with Crippen molar-refractivity contribution in [2.24, 2.45) is 0 Å². The Kier molecular flexibility index (Phi) is 8.14. The van der Waals surface area contributed by atoms with Gasteiger partial charge in [-0.25, -0.2) is 4.98 Å². The van der Waals surface area contributed by atoms with Crippen LogP contribution in [0, 0.1) is 18.8 Å². The van der Waals surface area contributed by atoms with Crippen molar-refractivity contribution in [1.82, 2.24) is 9.55 Å². The maximum Gasteiger partial charge on any atom is 0.135 e. The summed E-state index contributed by atoms with van der Waals surface area (Å²) in [6.45, 7) is 8.84. The van der Waals surface area contributed by atoms with Crippen LogP contribution in [0.25, 0.3) is 47.8 Å². The van der Waals surface area contributed by atoms with Crippen LogP contribution in [-0.4, -0.2) is 9.55 Å². The zero-order chi connectivity index (χ0) is 35.0. The van der Waals surface area contributed by atoms with Gasteiger partial charge >= 0.3 is 0 Å². The van der Waals surface area contributed by atoms with E-state index in [0.717, 1.165) is 50.4 Å². The van der Waals surface area contributed by atoms with E-state index in [1.807, 2.05) is 35.7 Å². The number of pyridine rings is 1. The minimum absolute atomic E-state index is 0. The Labute approximate surface area is 327 Å². The number of anilines is 4. The fourth-order valence-corrected chi connectivity index (χ4v) is 8.48. The van der Waals surface area contributed by atoms with Gasteiger partial charge in [-0.05, 0) is 64.9 Å². The molecule has 0 atom stereocenters. The molecule has 0 fully saturated rings. The Morgan fingerprint density at radius 2 is 1.45 bits per heavy atom. The first-order valence-electron chi connectivity index (χ1n) is 17.5. The molecule has 4 heterocycles. The molecule has 5 nitrogen and oxygen atoms in total. The molecule has 1 aliphatic heterocycles. The number of aromatic nitrogens is 2. The Bertz CT molecular complexity index is 2820. The summed E-state index contributed by atoms with van der Waals surface area (Å²) in [7, 11) is 0. The number of nitrogens with zero attached hydrogens (tertiary/aromatic N) is 4.